The van der Waals surface area contributed by atoms with Crippen molar-refractivity contribution < 1.29 is 9.90 Å². The molecule has 2 atom stereocenters. The number of alkyl halides is 1. The number of hydrogen-bond acceptors (Lipinski definition) is 1. The normalized spacial score (nSPS) is 31.5. The monoisotopic (exact) mass is 295 g/mol. The molecule has 0 radical (unpaired) electrons. The first-order chi connectivity index (χ1) is 6.20. The number of carboxylic acid groups (broad SMARTS) is 1. The molecule has 1 aliphatic rings. The zero-order chi connectivity index (χ0) is 9.68. The van der Waals surface area contributed by atoms with Crippen molar-refractivity contribution in [3.63, 3.8) is 0 Å². The van der Waals surface area contributed by atoms with Crippen LogP contribution in [0.3, 0.4) is 0 Å². The van der Waals surface area contributed by atoms with Crippen molar-refractivity contribution in [3.8, 4) is 0 Å². The Morgan fingerprint density at radius 2 is 2.00 bits per heavy atom. The van der Waals surface area contributed by atoms with Crippen LogP contribution in [-0.2, 0) is 0 Å². The third kappa shape index (κ3) is 3.97. The highest BCUT2D eigenvalue weighted by Crippen LogP contribution is 2.20. The lowest BCUT2D eigenvalue weighted by atomic mass is 10.0. The van der Waals surface area contributed by atoms with Crippen molar-refractivity contribution in [2.75, 3.05) is 0 Å². The fourth-order valence-corrected chi connectivity index (χ4v) is 2.37. The summed E-state index contributed by atoms with van der Waals surface area (Å²) in [4.78, 5) is 10.5. The first-order valence-electron chi connectivity index (χ1n) is 4.48. The number of rotatable bonds is 1. The van der Waals surface area contributed by atoms with Crippen LogP contribution >= 0.6 is 22.6 Å². The number of allylic oxidation sites excluding steroid dienone is 2. The van der Waals surface area contributed by atoms with Gasteiger partial charge in [-0.25, -0.2) is 4.79 Å². The van der Waals surface area contributed by atoms with Gasteiger partial charge in [-0.1, -0.05) is 34.7 Å². The lowest BCUT2D eigenvalue weighted by Crippen LogP contribution is -2.40. The van der Waals surface area contributed by atoms with Crippen LogP contribution in [0.15, 0.2) is 12.2 Å². The van der Waals surface area contributed by atoms with Crippen LogP contribution in [0.4, 0.5) is 4.79 Å². The molecule has 1 unspecified atom stereocenters. The van der Waals surface area contributed by atoms with Crippen LogP contribution in [0.5, 0.6) is 0 Å². The van der Waals surface area contributed by atoms with E-state index in [1.807, 2.05) is 0 Å². The third-order valence-corrected chi connectivity index (χ3v) is 3.66. The molecular weight excluding hydrogens is 281 g/mol. The summed E-state index contributed by atoms with van der Waals surface area (Å²) in [6.45, 7) is 0. The molecule has 0 bridgehead atoms. The molecule has 0 saturated heterocycles. The summed E-state index contributed by atoms with van der Waals surface area (Å²) in [5, 5.41) is 11.2. The maximum absolute atomic E-state index is 10.5. The van der Waals surface area contributed by atoms with Crippen molar-refractivity contribution in [1.29, 1.82) is 0 Å². The smallest absolute Gasteiger partial charge is 0.404 e. The van der Waals surface area contributed by atoms with Gasteiger partial charge >= 0.3 is 6.09 Å². The van der Waals surface area contributed by atoms with Crippen molar-refractivity contribution in [2.45, 2.75) is 35.6 Å². The van der Waals surface area contributed by atoms with Crippen molar-refractivity contribution in [1.82, 2.24) is 5.32 Å². The third-order valence-electron chi connectivity index (χ3n) is 2.17. The Bertz CT molecular complexity index is 206. The molecule has 1 aliphatic carbocycles. The van der Waals surface area contributed by atoms with Gasteiger partial charge in [0.1, 0.15) is 0 Å². The molecular formula is C9H14INO2. The Balaban J connectivity index is 2.48. The van der Waals surface area contributed by atoms with E-state index in [1.165, 1.54) is 0 Å². The Kier molecular flexibility index (Phi) is 4.55. The zero-order valence-electron chi connectivity index (χ0n) is 7.37. The average molecular weight is 295 g/mol. The van der Waals surface area contributed by atoms with Gasteiger partial charge in [0.25, 0.3) is 0 Å². The molecule has 0 heterocycles. The van der Waals surface area contributed by atoms with E-state index < -0.39 is 6.09 Å². The molecule has 0 fully saturated rings. The topological polar surface area (TPSA) is 49.3 Å². The molecule has 2 N–H and O–H groups in total. The van der Waals surface area contributed by atoms with Gasteiger partial charge in [0.05, 0.1) is 0 Å². The van der Waals surface area contributed by atoms with Gasteiger partial charge in [0.2, 0.25) is 0 Å². The molecule has 4 heteroatoms. The molecule has 0 aromatic rings. The number of halogens is 1. The predicted octanol–water partition coefficient (Wildman–Crippen LogP) is 2.56. The Morgan fingerprint density at radius 1 is 1.38 bits per heavy atom. The largest absolute Gasteiger partial charge is 0.465 e. The summed E-state index contributed by atoms with van der Waals surface area (Å²) in [7, 11) is 0. The Morgan fingerprint density at radius 3 is 2.62 bits per heavy atom. The lowest BCUT2D eigenvalue weighted by Gasteiger charge is -2.23. The van der Waals surface area contributed by atoms with E-state index in [0.29, 0.717) is 3.92 Å². The molecule has 74 valence electrons. The summed E-state index contributed by atoms with van der Waals surface area (Å²) >= 11 is 2.33. The van der Waals surface area contributed by atoms with E-state index in [0.717, 1.165) is 25.7 Å². The number of nitrogens with one attached hydrogen (secondary N) is 1. The van der Waals surface area contributed by atoms with Crippen LogP contribution in [0.2, 0.25) is 0 Å². The van der Waals surface area contributed by atoms with Gasteiger partial charge in [-0.05, 0) is 25.7 Å². The highest BCUT2D eigenvalue weighted by atomic mass is 127. The molecule has 0 spiro atoms. The van der Waals surface area contributed by atoms with Crippen molar-refractivity contribution >= 4 is 28.7 Å². The van der Waals surface area contributed by atoms with E-state index in [-0.39, 0.29) is 6.04 Å². The minimum absolute atomic E-state index is 0.114. The first-order valence-corrected chi connectivity index (χ1v) is 5.73. The van der Waals surface area contributed by atoms with Gasteiger partial charge < -0.3 is 10.4 Å². The molecule has 0 aliphatic heterocycles. The summed E-state index contributed by atoms with van der Waals surface area (Å²) in [6, 6.07) is 0.114. The molecule has 1 rings (SSSR count). The van der Waals surface area contributed by atoms with E-state index in [2.05, 4.69) is 40.1 Å². The van der Waals surface area contributed by atoms with Crippen LogP contribution in [0.25, 0.3) is 0 Å². The maximum Gasteiger partial charge on any atom is 0.404 e. The second-order valence-corrected chi connectivity index (χ2v) is 4.80. The van der Waals surface area contributed by atoms with Gasteiger partial charge in [-0.2, -0.15) is 0 Å². The molecule has 0 saturated carbocycles. The van der Waals surface area contributed by atoms with Gasteiger partial charge in [0.15, 0.2) is 0 Å². The molecule has 13 heavy (non-hydrogen) atoms. The summed E-state index contributed by atoms with van der Waals surface area (Å²) < 4.78 is 0.415. The lowest BCUT2D eigenvalue weighted by molar-refractivity contribution is 0.189. The van der Waals surface area contributed by atoms with E-state index in [9.17, 15) is 4.79 Å². The Labute approximate surface area is 91.7 Å². The highest BCUT2D eigenvalue weighted by molar-refractivity contribution is 14.1. The molecule has 0 aromatic heterocycles. The van der Waals surface area contributed by atoms with E-state index >= 15 is 0 Å². The number of carbonyl (C=O) groups is 1. The SMILES string of the molecule is O=C(O)N[C@@H]1CC/C=C/CCC1I. The quantitative estimate of drug-likeness (QED) is 0.444. The fourth-order valence-electron chi connectivity index (χ4n) is 1.47. The summed E-state index contributed by atoms with van der Waals surface area (Å²) in [5.41, 5.74) is 0. The van der Waals surface area contributed by atoms with E-state index in [4.69, 9.17) is 5.11 Å². The first kappa shape index (κ1) is 10.8. The minimum Gasteiger partial charge on any atom is -0.465 e. The summed E-state index contributed by atoms with van der Waals surface area (Å²) in [6.07, 6.45) is 7.42. The van der Waals surface area contributed by atoms with Crippen LogP contribution in [0, 0.1) is 0 Å². The second kappa shape index (κ2) is 5.47. The number of amides is 1. The molecule has 3 nitrogen and oxygen atoms in total. The zero-order valence-corrected chi connectivity index (χ0v) is 9.53. The van der Waals surface area contributed by atoms with Gasteiger partial charge in [-0.3, -0.25) is 0 Å². The van der Waals surface area contributed by atoms with Crippen molar-refractivity contribution in [3.05, 3.63) is 12.2 Å². The fraction of sp³-hybridized carbons (Fsp3) is 0.667. The predicted molar refractivity (Wildman–Crippen MR) is 60.4 cm³/mol. The van der Waals surface area contributed by atoms with Crippen LogP contribution in [0.1, 0.15) is 25.7 Å². The van der Waals surface area contributed by atoms with E-state index in [1.54, 1.807) is 0 Å². The highest BCUT2D eigenvalue weighted by Gasteiger charge is 2.20. The number of hydrogen-bond donors (Lipinski definition) is 2. The van der Waals surface area contributed by atoms with Gasteiger partial charge in [-0.15, -0.1) is 0 Å². The van der Waals surface area contributed by atoms with Crippen molar-refractivity contribution in [2.24, 2.45) is 0 Å². The molecule has 0 aromatic carbocycles. The molecule has 1 amide bonds. The standard InChI is InChI=1S/C9H14INO2/c10-7-5-3-1-2-4-6-8(7)11-9(12)13/h1-2,7-8,11H,3-6H2,(H,12,13)/b2-1+/t7?,8-/m1/s1. The maximum atomic E-state index is 10.5. The average Bonchev–Trinajstić information content (AvgIpc) is 2.04. The van der Waals surface area contributed by atoms with Gasteiger partial charge in [0, 0.05) is 9.97 Å². The van der Waals surface area contributed by atoms with Crippen LogP contribution in [-0.4, -0.2) is 21.2 Å². The second-order valence-electron chi connectivity index (χ2n) is 3.20. The Hall–Kier alpha value is -0.260. The minimum atomic E-state index is -0.906. The van der Waals surface area contributed by atoms with Crippen LogP contribution < -0.4 is 5.32 Å². The summed E-state index contributed by atoms with van der Waals surface area (Å²) in [5.74, 6) is 0.